The average molecular weight is 325 g/mol. The van der Waals surface area contributed by atoms with Crippen LogP contribution in [-0.2, 0) is 0 Å². The number of pyridine rings is 1. The molecule has 1 atom stereocenters. The van der Waals surface area contributed by atoms with Crippen molar-refractivity contribution in [3.05, 3.63) is 53.2 Å². The molecule has 24 heavy (non-hydrogen) atoms. The number of likely N-dealkylation sites (tertiary alicyclic amines) is 1. The minimum absolute atomic E-state index is 0.00944. The quantitative estimate of drug-likeness (QED) is 0.936. The maximum Gasteiger partial charge on any atom is 0.321 e. The average Bonchev–Trinajstić information content (AvgIpc) is 2.99. The van der Waals surface area contributed by atoms with Gasteiger partial charge in [-0.25, -0.2) is 9.78 Å². The Balaban J connectivity index is 1.56. The zero-order valence-corrected chi connectivity index (χ0v) is 14.4. The molecule has 0 unspecified atom stereocenters. The van der Waals surface area contributed by atoms with E-state index in [0.29, 0.717) is 19.0 Å². The Bertz CT molecular complexity index is 745. The molecule has 0 saturated carbocycles. The molecule has 1 aromatic heterocycles. The number of urea groups is 1. The van der Waals surface area contributed by atoms with Crippen LogP contribution >= 0.6 is 0 Å². The van der Waals surface area contributed by atoms with Gasteiger partial charge in [0, 0.05) is 30.4 Å². The van der Waals surface area contributed by atoms with Crippen LogP contribution < -0.4 is 10.1 Å². The molecule has 1 fully saturated rings. The third-order valence-corrected chi connectivity index (χ3v) is 4.34. The van der Waals surface area contributed by atoms with Crippen molar-refractivity contribution in [2.45, 2.75) is 33.3 Å². The highest BCUT2D eigenvalue weighted by molar-refractivity contribution is 5.89. The molecular formula is C19H23N3O2. The van der Waals surface area contributed by atoms with Crippen LogP contribution in [-0.4, -0.2) is 35.1 Å². The second-order valence-corrected chi connectivity index (χ2v) is 6.32. The van der Waals surface area contributed by atoms with Crippen LogP contribution in [0.25, 0.3) is 0 Å². The Kier molecular flexibility index (Phi) is 4.69. The summed E-state index contributed by atoms with van der Waals surface area (Å²) in [6.07, 6.45) is 0.806. The lowest BCUT2D eigenvalue weighted by Crippen LogP contribution is -2.34. The van der Waals surface area contributed by atoms with E-state index in [4.69, 9.17) is 4.74 Å². The number of nitrogens with zero attached hydrogens (tertiary/aromatic N) is 2. The molecule has 2 heterocycles. The number of hydrogen-bond acceptors (Lipinski definition) is 3. The van der Waals surface area contributed by atoms with Crippen molar-refractivity contribution in [1.29, 1.82) is 0 Å². The third kappa shape index (κ3) is 3.85. The van der Waals surface area contributed by atoms with Gasteiger partial charge in [0.1, 0.15) is 6.10 Å². The Morgan fingerprint density at radius 2 is 2.04 bits per heavy atom. The van der Waals surface area contributed by atoms with E-state index in [2.05, 4.69) is 17.2 Å². The van der Waals surface area contributed by atoms with Crippen molar-refractivity contribution in [3.63, 3.8) is 0 Å². The summed E-state index contributed by atoms with van der Waals surface area (Å²) in [5.41, 5.74) is 4.14. The number of amides is 2. The molecule has 0 radical (unpaired) electrons. The molecule has 0 spiro atoms. The largest absolute Gasteiger partial charge is 0.472 e. The van der Waals surface area contributed by atoms with Crippen molar-refractivity contribution in [2.75, 3.05) is 18.4 Å². The summed E-state index contributed by atoms with van der Waals surface area (Å²) in [7, 11) is 0. The van der Waals surface area contributed by atoms with E-state index in [1.165, 1.54) is 11.1 Å². The van der Waals surface area contributed by atoms with Gasteiger partial charge >= 0.3 is 6.03 Å². The number of hydrogen-bond donors (Lipinski definition) is 1. The maximum absolute atomic E-state index is 12.4. The number of benzene rings is 1. The van der Waals surface area contributed by atoms with Gasteiger partial charge in [-0.15, -0.1) is 0 Å². The minimum Gasteiger partial charge on any atom is -0.472 e. The Hall–Kier alpha value is -2.56. The fraction of sp³-hybridized carbons (Fsp3) is 0.368. The van der Waals surface area contributed by atoms with Crippen LogP contribution in [0.1, 0.15) is 23.2 Å². The van der Waals surface area contributed by atoms with E-state index < -0.39 is 0 Å². The summed E-state index contributed by atoms with van der Waals surface area (Å²) in [5, 5.41) is 2.96. The van der Waals surface area contributed by atoms with Crippen LogP contribution in [0.3, 0.4) is 0 Å². The summed E-state index contributed by atoms with van der Waals surface area (Å²) in [4.78, 5) is 18.5. The van der Waals surface area contributed by atoms with Crippen molar-refractivity contribution in [3.8, 4) is 5.88 Å². The van der Waals surface area contributed by atoms with Crippen molar-refractivity contribution in [2.24, 2.45) is 0 Å². The van der Waals surface area contributed by atoms with Gasteiger partial charge in [0.2, 0.25) is 5.88 Å². The monoisotopic (exact) mass is 325 g/mol. The molecule has 0 bridgehead atoms. The van der Waals surface area contributed by atoms with Gasteiger partial charge in [-0.05, 0) is 50.1 Å². The number of aromatic nitrogens is 1. The number of carbonyl (C=O) groups is 1. The van der Waals surface area contributed by atoms with Crippen molar-refractivity contribution in [1.82, 2.24) is 9.88 Å². The summed E-state index contributed by atoms with van der Waals surface area (Å²) < 4.78 is 5.89. The molecule has 0 aliphatic carbocycles. The highest BCUT2D eigenvalue weighted by Gasteiger charge is 2.28. The molecule has 126 valence electrons. The van der Waals surface area contributed by atoms with Crippen LogP contribution in [0.15, 0.2) is 36.4 Å². The maximum atomic E-state index is 12.4. The molecular weight excluding hydrogens is 302 g/mol. The number of nitrogens with one attached hydrogen (secondary N) is 1. The van der Waals surface area contributed by atoms with Gasteiger partial charge in [-0.3, -0.25) is 0 Å². The normalized spacial score (nSPS) is 17.0. The zero-order chi connectivity index (χ0) is 17.1. The fourth-order valence-corrected chi connectivity index (χ4v) is 2.79. The lowest BCUT2D eigenvalue weighted by atomic mass is 10.1. The molecule has 1 aliphatic heterocycles. The lowest BCUT2D eigenvalue weighted by Gasteiger charge is -2.18. The molecule has 2 aromatic rings. The molecule has 1 aromatic carbocycles. The molecule has 1 N–H and O–H groups in total. The van der Waals surface area contributed by atoms with E-state index in [1.807, 2.05) is 50.2 Å². The Labute approximate surface area is 142 Å². The third-order valence-electron chi connectivity index (χ3n) is 4.34. The van der Waals surface area contributed by atoms with Crippen molar-refractivity contribution >= 4 is 11.7 Å². The Morgan fingerprint density at radius 1 is 1.21 bits per heavy atom. The van der Waals surface area contributed by atoms with Crippen molar-refractivity contribution < 1.29 is 9.53 Å². The van der Waals surface area contributed by atoms with Gasteiger partial charge in [-0.1, -0.05) is 12.1 Å². The second-order valence-electron chi connectivity index (χ2n) is 6.32. The van der Waals surface area contributed by atoms with Crippen LogP contribution in [0.2, 0.25) is 0 Å². The zero-order valence-electron chi connectivity index (χ0n) is 14.4. The molecule has 2 amide bonds. The summed E-state index contributed by atoms with van der Waals surface area (Å²) in [5.74, 6) is 0.622. The summed E-state index contributed by atoms with van der Waals surface area (Å²) in [6.45, 7) is 7.30. The van der Waals surface area contributed by atoms with Gasteiger partial charge in [0.05, 0.1) is 6.54 Å². The van der Waals surface area contributed by atoms with E-state index in [9.17, 15) is 4.79 Å². The lowest BCUT2D eigenvalue weighted by molar-refractivity contribution is 0.189. The summed E-state index contributed by atoms with van der Waals surface area (Å²) in [6, 6.07) is 11.6. The second kappa shape index (κ2) is 6.91. The molecule has 5 nitrogen and oxygen atoms in total. The molecule has 5 heteroatoms. The van der Waals surface area contributed by atoms with E-state index in [1.54, 1.807) is 4.90 Å². The predicted molar refractivity (Wildman–Crippen MR) is 94.5 cm³/mol. The Morgan fingerprint density at radius 3 is 2.79 bits per heavy atom. The smallest absolute Gasteiger partial charge is 0.321 e. The number of anilines is 1. The number of ether oxygens (including phenoxy) is 1. The fourth-order valence-electron chi connectivity index (χ4n) is 2.79. The predicted octanol–water partition coefficient (Wildman–Crippen LogP) is 3.69. The van der Waals surface area contributed by atoms with E-state index in [-0.39, 0.29) is 12.1 Å². The van der Waals surface area contributed by atoms with Gasteiger partial charge in [0.25, 0.3) is 0 Å². The van der Waals surface area contributed by atoms with Gasteiger partial charge in [-0.2, -0.15) is 0 Å². The number of rotatable bonds is 3. The minimum atomic E-state index is -0.0819. The van der Waals surface area contributed by atoms with Gasteiger partial charge < -0.3 is 15.0 Å². The first-order valence-corrected chi connectivity index (χ1v) is 8.25. The highest BCUT2D eigenvalue weighted by atomic mass is 16.5. The highest BCUT2D eigenvalue weighted by Crippen LogP contribution is 2.19. The molecule has 1 aliphatic rings. The standard InChI is InChI=1S/C19H23N3O2/c1-13-7-8-16(11-14(13)2)21-19(23)22-10-9-17(12-22)24-18-6-4-5-15(3)20-18/h4-8,11,17H,9-10,12H2,1-3H3,(H,21,23)/t17-/m0/s1. The molecule has 3 rings (SSSR count). The molecule has 1 saturated heterocycles. The number of carbonyl (C=O) groups excluding carboxylic acids is 1. The summed E-state index contributed by atoms with van der Waals surface area (Å²) >= 11 is 0. The first kappa shape index (κ1) is 16.3. The van der Waals surface area contributed by atoms with Gasteiger partial charge in [0.15, 0.2) is 0 Å². The topological polar surface area (TPSA) is 54.5 Å². The SMILES string of the molecule is Cc1cccc(O[C@H]2CCN(C(=O)Nc3ccc(C)c(C)c3)C2)n1. The van der Waals surface area contributed by atoms with Crippen LogP contribution in [0.4, 0.5) is 10.5 Å². The first-order valence-electron chi connectivity index (χ1n) is 8.25. The first-order chi connectivity index (χ1) is 11.5. The van der Waals surface area contributed by atoms with E-state index in [0.717, 1.165) is 17.8 Å². The van der Waals surface area contributed by atoms with Crippen LogP contribution in [0, 0.1) is 20.8 Å². The van der Waals surface area contributed by atoms with E-state index >= 15 is 0 Å². The number of aryl methyl sites for hydroxylation is 3. The van der Waals surface area contributed by atoms with Crippen LogP contribution in [0.5, 0.6) is 5.88 Å².